The maximum absolute atomic E-state index is 13.0. The Morgan fingerprint density at radius 1 is 0.931 bits per heavy atom. The van der Waals surface area contributed by atoms with Gasteiger partial charge in [-0.05, 0) is 62.2 Å². The lowest BCUT2D eigenvalue weighted by molar-refractivity contribution is 0.0939. The Hall–Kier alpha value is -3.67. The molecule has 6 nitrogen and oxygen atoms in total. The molecule has 0 aliphatic heterocycles. The van der Waals surface area contributed by atoms with E-state index in [2.05, 4.69) is 40.7 Å². The van der Waals surface area contributed by atoms with Gasteiger partial charge in [-0.25, -0.2) is 0 Å². The van der Waals surface area contributed by atoms with Crippen molar-refractivity contribution in [3.63, 3.8) is 0 Å². The molecular formula is C23H23N5O. The van der Waals surface area contributed by atoms with Crippen LogP contribution in [0.4, 0.5) is 11.4 Å². The summed E-state index contributed by atoms with van der Waals surface area (Å²) in [6.45, 7) is 6.05. The Morgan fingerprint density at radius 3 is 2.55 bits per heavy atom. The van der Waals surface area contributed by atoms with E-state index in [1.54, 1.807) is 0 Å². The summed E-state index contributed by atoms with van der Waals surface area (Å²) in [5, 5.41) is 14.8. The van der Waals surface area contributed by atoms with Gasteiger partial charge in [-0.1, -0.05) is 30.3 Å². The number of nitrogens with one attached hydrogen (secondary N) is 2. The van der Waals surface area contributed by atoms with Gasteiger partial charge in [-0.2, -0.15) is 0 Å². The fourth-order valence-corrected chi connectivity index (χ4v) is 3.32. The first-order chi connectivity index (χ1) is 14.0. The van der Waals surface area contributed by atoms with Gasteiger partial charge in [0.1, 0.15) is 0 Å². The molecule has 1 atom stereocenters. The van der Waals surface area contributed by atoms with Crippen molar-refractivity contribution in [1.82, 2.24) is 19.9 Å². The van der Waals surface area contributed by atoms with Crippen LogP contribution < -0.4 is 10.6 Å². The van der Waals surface area contributed by atoms with Crippen LogP contribution in [0.5, 0.6) is 0 Å². The number of hydrogen-bond donors (Lipinski definition) is 2. The number of aromatic nitrogens is 3. The summed E-state index contributed by atoms with van der Waals surface area (Å²) in [6.07, 6.45) is 1.89. The Morgan fingerprint density at radius 2 is 1.69 bits per heavy atom. The molecule has 4 aromatic rings. The maximum Gasteiger partial charge on any atom is 0.253 e. The molecule has 6 heteroatoms. The van der Waals surface area contributed by atoms with Crippen LogP contribution in [-0.2, 0) is 0 Å². The van der Waals surface area contributed by atoms with E-state index in [9.17, 15) is 4.79 Å². The minimum atomic E-state index is -0.298. The van der Waals surface area contributed by atoms with E-state index in [1.807, 2.05) is 72.1 Å². The highest BCUT2D eigenvalue weighted by Gasteiger charge is 2.18. The third kappa shape index (κ3) is 3.69. The van der Waals surface area contributed by atoms with Crippen LogP contribution in [-0.4, -0.2) is 20.5 Å². The first kappa shape index (κ1) is 18.7. The Bertz CT molecular complexity index is 1180. The van der Waals surface area contributed by atoms with E-state index in [-0.39, 0.29) is 11.9 Å². The molecule has 146 valence electrons. The zero-order chi connectivity index (χ0) is 20.4. The van der Waals surface area contributed by atoms with Crippen LogP contribution in [0, 0.1) is 13.8 Å². The number of benzene rings is 2. The number of fused-ring (bicyclic) bond motifs is 1. The normalized spacial score (nSPS) is 12.0. The Labute approximate surface area is 169 Å². The van der Waals surface area contributed by atoms with E-state index in [1.165, 1.54) is 5.56 Å². The molecule has 0 bridgehead atoms. The predicted octanol–water partition coefficient (Wildman–Crippen LogP) is 4.58. The highest BCUT2D eigenvalue weighted by atomic mass is 16.1. The number of amides is 1. The molecule has 0 aliphatic rings. The highest BCUT2D eigenvalue weighted by molar-refractivity contribution is 6.00. The SMILES string of the molecule is Cc1cccc(Nc2ccccc2C(=O)NC(C)c2nnc3ccccn23)c1C. The van der Waals surface area contributed by atoms with Gasteiger partial charge in [-0.15, -0.1) is 10.2 Å². The van der Waals surface area contributed by atoms with Gasteiger partial charge >= 0.3 is 0 Å². The number of hydrogen-bond acceptors (Lipinski definition) is 4. The highest BCUT2D eigenvalue weighted by Crippen LogP contribution is 2.25. The summed E-state index contributed by atoms with van der Waals surface area (Å²) in [7, 11) is 0. The number of anilines is 2. The summed E-state index contributed by atoms with van der Waals surface area (Å²) >= 11 is 0. The molecule has 2 N–H and O–H groups in total. The number of aryl methyl sites for hydroxylation is 1. The quantitative estimate of drug-likeness (QED) is 0.527. The topological polar surface area (TPSA) is 71.3 Å². The van der Waals surface area contributed by atoms with Crippen molar-refractivity contribution in [1.29, 1.82) is 0 Å². The molecule has 1 unspecified atom stereocenters. The van der Waals surface area contributed by atoms with Crippen LogP contribution in [0.3, 0.4) is 0 Å². The lowest BCUT2D eigenvalue weighted by Gasteiger charge is -2.17. The van der Waals surface area contributed by atoms with Crippen LogP contribution in [0.1, 0.15) is 40.3 Å². The number of rotatable bonds is 5. The summed E-state index contributed by atoms with van der Waals surface area (Å²) < 4.78 is 1.88. The average molecular weight is 385 g/mol. The van der Waals surface area contributed by atoms with Gasteiger partial charge in [0.25, 0.3) is 5.91 Å². The second-order valence-corrected chi connectivity index (χ2v) is 7.10. The molecule has 0 saturated carbocycles. The van der Waals surface area contributed by atoms with Crippen LogP contribution in [0.25, 0.3) is 5.65 Å². The minimum Gasteiger partial charge on any atom is -0.355 e. The van der Waals surface area contributed by atoms with E-state index in [0.29, 0.717) is 11.4 Å². The molecule has 0 fully saturated rings. The van der Waals surface area contributed by atoms with Gasteiger partial charge in [0.2, 0.25) is 0 Å². The van der Waals surface area contributed by atoms with Crippen LogP contribution in [0.15, 0.2) is 66.9 Å². The van der Waals surface area contributed by atoms with Gasteiger partial charge < -0.3 is 10.6 Å². The summed E-state index contributed by atoms with van der Waals surface area (Å²) in [5.41, 5.74) is 5.43. The number of carbonyl (C=O) groups excluding carboxylic acids is 1. The van der Waals surface area contributed by atoms with Crippen molar-refractivity contribution in [3.05, 3.63) is 89.4 Å². The largest absolute Gasteiger partial charge is 0.355 e. The first-order valence-corrected chi connectivity index (χ1v) is 9.57. The fraction of sp³-hybridized carbons (Fsp3) is 0.174. The number of para-hydroxylation sites is 1. The number of nitrogens with zero attached hydrogens (tertiary/aromatic N) is 3. The lowest BCUT2D eigenvalue weighted by Crippen LogP contribution is -2.28. The van der Waals surface area contributed by atoms with Crippen molar-refractivity contribution in [2.24, 2.45) is 0 Å². The predicted molar refractivity (Wildman–Crippen MR) is 115 cm³/mol. The molecule has 4 rings (SSSR count). The van der Waals surface area contributed by atoms with Crippen molar-refractivity contribution < 1.29 is 4.79 Å². The molecule has 0 spiro atoms. The van der Waals surface area contributed by atoms with Crippen molar-refractivity contribution in [2.75, 3.05) is 5.32 Å². The van der Waals surface area contributed by atoms with Crippen molar-refractivity contribution in [2.45, 2.75) is 26.8 Å². The van der Waals surface area contributed by atoms with E-state index in [4.69, 9.17) is 0 Å². The third-order valence-electron chi connectivity index (χ3n) is 5.12. The van der Waals surface area contributed by atoms with E-state index >= 15 is 0 Å². The van der Waals surface area contributed by atoms with E-state index < -0.39 is 0 Å². The smallest absolute Gasteiger partial charge is 0.253 e. The second kappa shape index (κ2) is 7.75. The zero-order valence-electron chi connectivity index (χ0n) is 16.7. The van der Waals surface area contributed by atoms with E-state index in [0.717, 1.165) is 22.6 Å². The molecule has 2 aromatic carbocycles. The summed E-state index contributed by atoms with van der Waals surface area (Å²) in [6, 6.07) is 19.0. The fourth-order valence-electron chi connectivity index (χ4n) is 3.32. The Kier molecular flexibility index (Phi) is 4.99. The lowest BCUT2D eigenvalue weighted by atomic mass is 10.1. The molecule has 0 radical (unpaired) electrons. The van der Waals surface area contributed by atoms with Gasteiger partial charge in [-0.3, -0.25) is 9.20 Å². The second-order valence-electron chi connectivity index (χ2n) is 7.10. The monoisotopic (exact) mass is 385 g/mol. The van der Waals surface area contributed by atoms with Crippen LogP contribution in [0.2, 0.25) is 0 Å². The van der Waals surface area contributed by atoms with Crippen LogP contribution >= 0.6 is 0 Å². The summed E-state index contributed by atoms with van der Waals surface area (Å²) in [5.74, 6) is 0.521. The third-order valence-corrected chi connectivity index (χ3v) is 5.12. The van der Waals surface area contributed by atoms with Gasteiger partial charge in [0.15, 0.2) is 11.5 Å². The number of carbonyl (C=O) groups is 1. The average Bonchev–Trinajstić information content (AvgIpc) is 3.16. The van der Waals surface area contributed by atoms with Gasteiger partial charge in [0, 0.05) is 11.9 Å². The first-order valence-electron chi connectivity index (χ1n) is 9.57. The van der Waals surface area contributed by atoms with Crippen molar-refractivity contribution >= 4 is 22.9 Å². The molecule has 1 amide bonds. The molecule has 2 heterocycles. The molecular weight excluding hydrogens is 362 g/mol. The standard InChI is InChI=1S/C23H23N5O/c1-15-9-8-12-19(16(15)2)25-20-11-5-4-10-18(20)23(29)24-17(3)22-27-26-21-13-6-7-14-28(21)22/h4-14,17,25H,1-3H3,(H,24,29). The minimum absolute atomic E-state index is 0.168. The van der Waals surface area contributed by atoms with Crippen molar-refractivity contribution in [3.8, 4) is 0 Å². The Balaban J connectivity index is 1.58. The summed E-state index contributed by atoms with van der Waals surface area (Å²) in [4.78, 5) is 13.0. The molecule has 2 aromatic heterocycles. The molecule has 0 aliphatic carbocycles. The zero-order valence-corrected chi connectivity index (χ0v) is 16.7. The maximum atomic E-state index is 13.0. The van der Waals surface area contributed by atoms with Gasteiger partial charge in [0.05, 0.1) is 17.3 Å². The molecule has 29 heavy (non-hydrogen) atoms. The molecule has 0 saturated heterocycles. The number of pyridine rings is 1.